The third kappa shape index (κ3) is 6.36. The SMILES string of the molecule is CCCCN(CCCC)c1ccc2c(ccc3c2ccc2c3ccc3c4ccc5c6cc[n+](CCCCS(=O)(=O)O)cc6ccc5c4ccc23)c1. The van der Waals surface area contributed by atoms with E-state index in [-0.39, 0.29) is 5.75 Å². The van der Waals surface area contributed by atoms with Gasteiger partial charge in [0.15, 0.2) is 12.4 Å². The number of rotatable bonds is 12. The molecule has 8 aromatic rings. The Labute approximate surface area is 299 Å². The van der Waals surface area contributed by atoms with E-state index >= 15 is 0 Å². The zero-order valence-electron chi connectivity index (χ0n) is 29.5. The quantitative estimate of drug-likeness (QED) is 0.0599. The third-order valence-electron chi connectivity index (χ3n) is 10.8. The average molecular weight is 694 g/mol. The molecule has 0 amide bonds. The van der Waals surface area contributed by atoms with Crippen LogP contribution in [0.5, 0.6) is 0 Å². The standard InChI is InChI=1S/C45H44N2O3S/c1-3-5-25-47(26-6-4-2)33-11-14-34-31(29-33)9-12-38-36(34)15-17-42-40(38)19-21-45-43-18-16-37-35-23-27-46(24-7-8-28-51(48,49)50)30-32(35)10-13-39(37)41(43)20-22-44(42)45/h9-23,27,29-30H,3-8,24-26,28H2,1-2H3/p+1. The van der Waals surface area contributed by atoms with Crippen molar-refractivity contribution in [2.24, 2.45) is 0 Å². The summed E-state index contributed by atoms with van der Waals surface area (Å²) in [6, 6.07) is 36.6. The molecule has 0 aliphatic rings. The second-order valence-corrected chi connectivity index (χ2v) is 15.7. The van der Waals surface area contributed by atoms with Crippen molar-refractivity contribution in [1.29, 1.82) is 0 Å². The molecule has 51 heavy (non-hydrogen) atoms. The third-order valence-corrected chi connectivity index (χ3v) is 11.6. The van der Waals surface area contributed by atoms with Crippen LogP contribution in [0.3, 0.4) is 0 Å². The first-order chi connectivity index (χ1) is 24.8. The zero-order chi connectivity index (χ0) is 35.1. The van der Waals surface area contributed by atoms with Crippen molar-refractivity contribution >= 4 is 91.2 Å². The summed E-state index contributed by atoms with van der Waals surface area (Å²) in [4.78, 5) is 2.57. The molecule has 1 N–H and O–H groups in total. The fourth-order valence-electron chi connectivity index (χ4n) is 8.11. The maximum atomic E-state index is 11.1. The van der Waals surface area contributed by atoms with Crippen LogP contribution >= 0.6 is 0 Å². The van der Waals surface area contributed by atoms with Crippen LogP contribution in [-0.4, -0.2) is 31.8 Å². The number of aryl methyl sites for hydroxylation is 1. The Morgan fingerprint density at radius 2 is 0.961 bits per heavy atom. The molecular weight excluding hydrogens is 649 g/mol. The highest BCUT2D eigenvalue weighted by atomic mass is 32.2. The monoisotopic (exact) mass is 693 g/mol. The summed E-state index contributed by atoms with van der Waals surface area (Å²) in [7, 11) is -3.92. The van der Waals surface area contributed by atoms with E-state index in [9.17, 15) is 8.42 Å². The van der Waals surface area contributed by atoms with Gasteiger partial charge in [0, 0.05) is 42.0 Å². The Bertz CT molecular complexity index is 2710. The first-order valence-corrected chi connectivity index (χ1v) is 20.1. The molecule has 0 fully saturated rings. The Hall–Kier alpha value is -4.78. The van der Waals surface area contributed by atoms with Crippen molar-refractivity contribution in [2.75, 3.05) is 23.7 Å². The number of benzene rings is 7. The van der Waals surface area contributed by atoms with E-state index in [4.69, 9.17) is 4.55 Å². The molecule has 0 atom stereocenters. The Morgan fingerprint density at radius 3 is 1.45 bits per heavy atom. The van der Waals surface area contributed by atoms with E-state index in [1.807, 2.05) is 0 Å². The second kappa shape index (κ2) is 13.7. The summed E-state index contributed by atoms with van der Waals surface area (Å²) in [5.74, 6) is -0.199. The first-order valence-electron chi connectivity index (χ1n) is 18.5. The van der Waals surface area contributed by atoms with Gasteiger partial charge in [0.25, 0.3) is 10.1 Å². The molecular formula is C45H45N2O3S+. The van der Waals surface area contributed by atoms with Gasteiger partial charge >= 0.3 is 0 Å². The van der Waals surface area contributed by atoms with Crippen LogP contribution in [0.15, 0.2) is 109 Å². The normalized spacial score (nSPS) is 12.4. The molecule has 0 aliphatic heterocycles. The largest absolute Gasteiger partial charge is 0.372 e. The summed E-state index contributed by atoms with van der Waals surface area (Å²) in [6.45, 7) is 7.46. The lowest BCUT2D eigenvalue weighted by Gasteiger charge is -2.25. The van der Waals surface area contributed by atoms with Crippen LogP contribution < -0.4 is 9.47 Å². The van der Waals surface area contributed by atoms with Crippen molar-refractivity contribution in [2.45, 2.75) is 58.9 Å². The summed E-state index contributed by atoms with van der Waals surface area (Å²) in [5.41, 5.74) is 1.33. The molecule has 6 heteroatoms. The van der Waals surface area contributed by atoms with Gasteiger partial charge in [0.05, 0.1) is 5.75 Å². The highest BCUT2D eigenvalue weighted by Crippen LogP contribution is 2.40. The molecule has 0 radical (unpaired) electrons. The van der Waals surface area contributed by atoms with E-state index in [0.29, 0.717) is 19.4 Å². The molecule has 1 heterocycles. The van der Waals surface area contributed by atoms with Gasteiger partial charge in [-0.05, 0) is 102 Å². The highest BCUT2D eigenvalue weighted by Gasteiger charge is 2.14. The van der Waals surface area contributed by atoms with Crippen molar-refractivity contribution < 1.29 is 17.5 Å². The summed E-state index contributed by atoms with van der Waals surface area (Å²) >= 11 is 0. The first kappa shape index (κ1) is 33.4. The topological polar surface area (TPSA) is 61.5 Å². The summed E-state index contributed by atoms with van der Waals surface area (Å²) < 4.78 is 33.3. The predicted octanol–water partition coefficient (Wildman–Crippen LogP) is 11.1. The minimum absolute atomic E-state index is 0.199. The number of unbranched alkanes of at least 4 members (excludes halogenated alkanes) is 3. The minimum Gasteiger partial charge on any atom is -0.372 e. The van der Waals surface area contributed by atoms with Gasteiger partial charge in [-0.1, -0.05) is 99.5 Å². The van der Waals surface area contributed by atoms with Gasteiger partial charge in [-0.3, -0.25) is 4.55 Å². The van der Waals surface area contributed by atoms with E-state index in [0.717, 1.165) is 18.5 Å². The van der Waals surface area contributed by atoms with Crippen LogP contribution in [0, 0.1) is 0 Å². The number of aromatic nitrogens is 1. The van der Waals surface area contributed by atoms with Crippen molar-refractivity contribution in [3.05, 3.63) is 109 Å². The number of nitrogens with zero attached hydrogens (tertiary/aromatic N) is 2. The van der Waals surface area contributed by atoms with E-state index in [1.54, 1.807) is 0 Å². The van der Waals surface area contributed by atoms with Gasteiger partial charge < -0.3 is 4.90 Å². The lowest BCUT2D eigenvalue weighted by Crippen LogP contribution is -2.32. The van der Waals surface area contributed by atoms with Crippen LogP contribution in [0.2, 0.25) is 0 Å². The smallest absolute Gasteiger partial charge is 0.264 e. The summed E-state index contributed by atoms with van der Waals surface area (Å²) in [5, 5.41) is 17.6. The maximum absolute atomic E-state index is 11.1. The minimum atomic E-state index is -3.92. The number of hydrogen-bond acceptors (Lipinski definition) is 3. The molecule has 0 bridgehead atoms. The van der Waals surface area contributed by atoms with Gasteiger partial charge in [-0.2, -0.15) is 8.42 Å². The molecule has 7 aromatic carbocycles. The van der Waals surface area contributed by atoms with Gasteiger partial charge in [-0.25, -0.2) is 4.57 Å². The Morgan fingerprint density at radius 1 is 0.529 bits per heavy atom. The van der Waals surface area contributed by atoms with Crippen LogP contribution in [0.4, 0.5) is 5.69 Å². The highest BCUT2D eigenvalue weighted by molar-refractivity contribution is 7.85. The van der Waals surface area contributed by atoms with Crippen LogP contribution in [-0.2, 0) is 16.7 Å². The van der Waals surface area contributed by atoms with Gasteiger partial charge in [0.2, 0.25) is 0 Å². The van der Waals surface area contributed by atoms with Crippen molar-refractivity contribution in [3.8, 4) is 0 Å². The Balaban J connectivity index is 1.16. The van der Waals surface area contributed by atoms with E-state index in [2.05, 4.69) is 133 Å². The molecule has 0 unspecified atom stereocenters. The average Bonchev–Trinajstić information content (AvgIpc) is 3.14. The molecule has 5 nitrogen and oxygen atoms in total. The molecule has 0 spiro atoms. The lowest BCUT2D eigenvalue weighted by molar-refractivity contribution is -0.696. The van der Waals surface area contributed by atoms with Crippen molar-refractivity contribution in [1.82, 2.24) is 0 Å². The number of anilines is 1. The fraction of sp³-hybridized carbons (Fsp3) is 0.267. The predicted molar refractivity (Wildman–Crippen MR) is 217 cm³/mol. The van der Waals surface area contributed by atoms with Gasteiger partial charge in [0.1, 0.15) is 6.54 Å². The van der Waals surface area contributed by atoms with Crippen LogP contribution in [0.1, 0.15) is 52.4 Å². The second-order valence-electron chi connectivity index (χ2n) is 14.1. The molecule has 0 saturated heterocycles. The Kier molecular flexibility index (Phi) is 8.99. The number of pyridine rings is 1. The molecule has 1 aromatic heterocycles. The molecule has 0 saturated carbocycles. The number of hydrogen-bond donors (Lipinski definition) is 1. The van der Waals surface area contributed by atoms with Crippen LogP contribution in [0.25, 0.3) is 75.4 Å². The summed E-state index contributed by atoms with van der Waals surface area (Å²) in [6.07, 6.45) is 10.2. The van der Waals surface area contributed by atoms with E-state index in [1.165, 1.54) is 101 Å². The zero-order valence-corrected chi connectivity index (χ0v) is 30.3. The maximum Gasteiger partial charge on any atom is 0.264 e. The van der Waals surface area contributed by atoms with E-state index < -0.39 is 10.1 Å². The fourth-order valence-corrected chi connectivity index (χ4v) is 8.68. The molecule has 8 rings (SSSR count). The number of fused-ring (bicyclic) bond motifs is 13. The lowest BCUT2D eigenvalue weighted by atomic mass is 9.91. The molecule has 0 aliphatic carbocycles. The molecule has 258 valence electrons. The van der Waals surface area contributed by atoms with Gasteiger partial charge in [-0.15, -0.1) is 0 Å². The van der Waals surface area contributed by atoms with Crippen molar-refractivity contribution in [3.63, 3.8) is 0 Å².